The Kier molecular flexibility index (Phi) is 7.46. The summed E-state index contributed by atoms with van der Waals surface area (Å²) in [6.45, 7) is 6.26. The van der Waals surface area contributed by atoms with Gasteiger partial charge in [-0.3, -0.25) is 4.79 Å². The van der Waals surface area contributed by atoms with Crippen LogP contribution in [0.4, 0.5) is 0 Å². The first-order chi connectivity index (χ1) is 17.8. The Morgan fingerprint density at radius 2 is 1.76 bits per heavy atom. The Hall–Kier alpha value is -2.63. The van der Waals surface area contributed by atoms with Crippen molar-refractivity contribution in [3.05, 3.63) is 64.2 Å². The van der Waals surface area contributed by atoms with Gasteiger partial charge in [0.25, 0.3) is 0 Å². The molecule has 4 saturated carbocycles. The van der Waals surface area contributed by atoms with Gasteiger partial charge < -0.3 is 19.9 Å². The summed E-state index contributed by atoms with van der Waals surface area (Å²) in [7, 11) is 1.64. The maximum absolute atomic E-state index is 11.8. The lowest BCUT2D eigenvalue weighted by atomic mass is 9.48. The lowest BCUT2D eigenvalue weighted by molar-refractivity contribution is -0.150. The van der Waals surface area contributed by atoms with Crippen molar-refractivity contribution in [1.29, 1.82) is 0 Å². The van der Waals surface area contributed by atoms with Crippen molar-refractivity contribution < 1.29 is 19.0 Å². The summed E-state index contributed by atoms with van der Waals surface area (Å²) in [6, 6.07) is 12.6. The highest BCUT2D eigenvalue weighted by atomic mass is 16.7. The minimum atomic E-state index is -0.372. The Morgan fingerprint density at radius 1 is 1.08 bits per heavy atom. The first-order valence-corrected chi connectivity index (χ1v) is 13.8. The molecular weight excluding hydrogens is 462 g/mol. The monoisotopic (exact) mass is 503 g/mol. The molecule has 5 nitrogen and oxygen atoms in total. The number of amides is 1. The second-order valence-corrected chi connectivity index (χ2v) is 11.6. The number of ether oxygens (including phenoxy) is 3. The lowest BCUT2D eigenvalue weighted by Gasteiger charge is -2.57. The molecule has 4 aliphatic carbocycles. The largest absolute Gasteiger partial charge is 0.467 e. The minimum absolute atomic E-state index is 0.175. The van der Waals surface area contributed by atoms with E-state index in [0.717, 1.165) is 41.1 Å². The number of rotatable bonds is 10. The van der Waals surface area contributed by atoms with Crippen molar-refractivity contribution in [2.24, 2.45) is 23.5 Å². The Labute approximate surface area is 221 Å². The molecule has 0 saturated heterocycles. The number of carbonyl (C=O) groups is 1. The van der Waals surface area contributed by atoms with E-state index in [9.17, 15) is 4.79 Å². The van der Waals surface area contributed by atoms with E-state index in [-0.39, 0.29) is 24.4 Å². The lowest BCUT2D eigenvalue weighted by Crippen LogP contribution is -2.48. The fraction of sp³-hybridized carbons (Fsp3) is 0.531. The SMILES string of the molecule is CCc1cc(C=C(C)c2ccc(OCOC(C)OC)c(C34CC5CC(CC(C5)C3)C4)c2)ccc1C(N)=O. The van der Waals surface area contributed by atoms with Gasteiger partial charge in [-0.2, -0.15) is 0 Å². The molecule has 5 heteroatoms. The zero-order valence-electron chi connectivity index (χ0n) is 22.7. The number of carbonyl (C=O) groups excluding carboxylic acids is 1. The summed E-state index contributed by atoms with van der Waals surface area (Å²) in [5.74, 6) is 3.12. The maximum atomic E-state index is 11.8. The van der Waals surface area contributed by atoms with Gasteiger partial charge in [-0.05, 0) is 122 Å². The van der Waals surface area contributed by atoms with Crippen molar-refractivity contribution >= 4 is 17.6 Å². The molecular formula is C32H41NO4. The molecule has 0 heterocycles. The van der Waals surface area contributed by atoms with Crippen LogP contribution in [0.15, 0.2) is 36.4 Å². The van der Waals surface area contributed by atoms with Crippen molar-refractivity contribution in [2.45, 2.75) is 77.4 Å². The van der Waals surface area contributed by atoms with E-state index in [4.69, 9.17) is 19.9 Å². The summed E-state index contributed by atoms with van der Waals surface area (Å²) >= 11 is 0. The zero-order valence-corrected chi connectivity index (χ0v) is 22.7. The topological polar surface area (TPSA) is 70.8 Å². The third-order valence-electron chi connectivity index (χ3n) is 9.05. The van der Waals surface area contributed by atoms with Gasteiger partial charge in [-0.15, -0.1) is 0 Å². The number of nitrogens with two attached hydrogens (primary N) is 1. The molecule has 0 aliphatic heterocycles. The molecule has 2 N–H and O–H groups in total. The summed E-state index contributed by atoms with van der Waals surface area (Å²) in [4.78, 5) is 11.8. The highest BCUT2D eigenvalue weighted by molar-refractivity contribution is 5.95. The van der Waals surface area contributed by atoms with Crippen LogP contribution in [0.3, 0.4) is 0 Å². The number of methoxy groups -OCH3 is 1. The fourth-order valence-corrected chi connectivity index (χ4v) is 7.59. The van der Waals surface area contributed by atoms with Gasteiger partial charge in [0.1, 0.15) is 5.75 Å². The Balaban J connectivity index is 1.48. The molecule has 4 bridgehead atoms. The first kappa shape index (κ1) is 26.0. The maximum Gasteiger partial charge on any atom is 0.248 e. The second kappa shape index (κ2) is 10.6. The van der Waals surface area contributed by atoms with Crippen LogP contribution in [0.5, 0.6) is 5.75 Å². The fourth-order valence-electron chi connectivity index (χ4n) is 7.59. The summed E-state index contributed by atoms with van der Waals surface area (Å²) < 4.78 is 17.2. The minimum Gasteiger partial charge on any atom is -0.467 e. The summed E-state index contributed by atoms with van der Waals surface area (Å²) in [6.07, 6.45) is 10.7. The Bertz CT molecular complexity index is 1150. The normalized spacial score (nSPS) is 27.4. The molecule has 4 fully saturated rings. The highest BCUT2D eigenvalue weighted by Gasteiger charge is 2.52. The van der Waals surface area contributed by atoms with E-state index < -0.39 is 0 Å². The van der Waals surface area contributed by atoms with Crippen LogP contribution < -0.4 is 10.5 Å². The molecule has 2 aromatic rings. The van der Waals surface area contributed by atoms with Crippen molar-refractivity contribution in [3.8, 4) is 5.75 Å². The van der Waals surface area contributed by atoms with E-state index in [1.807, 2.05) is 19.1 Å². The van der Waals surface area contributed by atoms with Gasteiger partial charge in [0.2, 0.25) is 5.91 Å². The predicted molar refractivity (Wildman–Crippen MR) is 147 cm³/mol. The summed E-state index contributed by atoms with van der Waals surface area (Å²) in [5, 5.41) is 0. The molecule has 37 heavy (non-hydrogen) atoms. The van der Waals surface area contributed by atoms with Crippen molar-refractivity contribution in [3.63, 3.8) is 0 Å². The summed E-state index contributed by atoms with van der Waals surface area (Å²) in [5.41, 5.74) is 12.2. The predicted octanol–water partition coefficient (Wildman–Crippen LogP) is 6.72. The average Bonchev–Trinajstić information content (AvgIpc) is 2.87. The van der Waals surface area contributed by atoms with Crippen LogP contribution >= 0.6 is 0 Å². The van der Waals surface area contributed by atoms with Gasteiger partial charge in [0.15, 0.2) is 13.1 Å². The molecule has 1 amide bonds. The molecule has 0 aromatic heterocycles. The molecule has 198 valence electrons. The van der Waals surface area contributed by atoms with Gasteiger partial charge in [-0.1, -0.05) is 31.2 Å². The molecule has 0 spiro atoms. The van der Waals surface area contributed by atoms with E-state index in [0.29, 0.717) is 5.56 Å². The molecule has 1 unspecified atom stereocenters. The highest BCUT2D eigenvalue weighted by Crippen LogP contribution is 2.62. The van der Waals surface area contributed by atoms with Gasteiger partial charge in [-0.25, -0.2) is 0 Å². The third kappa shape index (κ3) is 5.35. The molecule has 6 rings (SSSR count). The van der Waals surface area contributed by atoms with Gasteiger partial charge in [0.05, 0.1) is 0 Å². The molecule has 1 atom stereocenters. The van der Waals surface area contributed by atoms with Crippen LogP contribution in [-0.2, 0) is 21.3 Å². The van der Waals surface area contributed by atoms with Gasteiger partial charge >= 0.3 is 0 Å². The smallest absolute Gasteiger partial charge is 0.248 e. The van der Waals surface area contributed by atoms with Crippen molar-refractivity contribution in [1.82, 2.24) is 0 Å². The van der Waals surface area contributed by atoms with Crippen LogP contribution in [-0.4, -0.2) is 26.1 Å². The second-order valence-electron chi connectivity index (χ2n) is 11.6. The van der Waals surface area contributed by atoms with Crippen LogP contribution in [0, 0.1) is 17.8 Å². The average molecular weight is 504 g/mol. The van der Waals surface area contributed by atoms with Crippen LogP contribution in [0.2, 0.25) is 0 Å². The number of hydrogen-bond donors (Lipinski definition) is 1. The van der Waals surface area contributed by atoms with E-state index >= 15 is 0 Å². The van der Waals surface area contributed by atoms with Crippen LogP contribution in [0.1, 0.15) is 91.9 Å². The van der Waals surface area contributed by atoms with Gasteiger partial charge in [0, 0.05) is 18.2 Å². The molecule has 0 radical (unpaired) electrons. The van der Waals surface area contributed by atoms with Crippen molar-refractivity contribution in [2.75, 3.05) is 13.9 Å². The molecule has 4 aliphatic rings. The zero-order chi connectivity index (χ0) is 26.2. The number of allylic oxidation sites excluding steroid dienone is 1. The quantitative estimate of drug-likeness (QED) is 0.289. The Morgan fingerprint density at radius 3 is 2.35 bits per heavy atom. The van der Waals surface area contributed by atoms with E-state index in [1.165, 1.54) is 55.2 Å². The standard InChI is InChI=1S/C32H41NO4/c1-5-26-14-22(6-8-28(26)31(33)34)10-20(2)27-7-9-30(37-19-36-21(3)35-4)29(15-27)32-16-23-11-24(17-32)13-25(12-23)18-32/h6-10,14-15,21,23-25H,5,11-13,16-19H2,1-4H3,(H2,33,34). The number of primary amides is 1. The number of aryl methyl sites for hydroxylation is 1. The molecule has 2 aromatic carbocycles. The number of hydrogen-bond acceptors (Lipinski definition) is 4. The first-order valence-electron chi connectivity index (χ1n) is 13.8. The van der Waals surface area contributed by atoms with E-state index in [2.05, 4.69) is 44.2 Å². The van der Waals surface area contributed by atoms with Crippen LogP contribution in [0.25, 0.3) is 11.6 Å². The number of benzene rings is 2. The third-order valence-corrected chi connectivity index (χ3v) is 9.05. The van der Waals surface area contributed by atoms with E-state index in [1.54, 1.807) is 7.11 Å².